The van der Waals surface area contributed by atoms with Gasteiger partial charge in [-0.2, -0.15) is 0 Å². The molecule has 1 spiro atoms. The maximum absolute atomic E-state index is 13.1. The van der Waals surface area contributed by atoms with Gasteiger partial charge >= 0.3 is 0 Å². The number of nitrogens with zero attached hydrogens (tertiary/aromatic N) is 4. The zero-order valence-corrected chi connectivity index (χ0v) is 17.3. The second kappa shape index (κ2) is 7.65. The minimum atomic E-state index is -0.309. The molecule has 3 fully saturated rings. The molecule has 3 aliphatic rings. The van der Waals surface area contributed by atoms with Crippen molar-refractivity contribution in [3.63, 3.8) is 0 Å². The van der Waals surface area contributed by atoms with E-state index >= 15 is 0 Å². The average Bonchev–Trinajstić information content (AvgIpc) is 3.14. The van der Waals surface area contributed by atoms with Crippen LogP contribution < -0.4 is 4.74 Å². The number of ether oxygens (including phenoxy) is 1. The Morgan fingerprint density at radius 3 is 2.70 bits per heavy atom. The van der Waals surface area contributed by atoms with Gasteiger partial charge in [0.05, 0.1) is 24.3 Å². The summed E-state index contributed by atoms with van der Waals surface area (Å²) in [6.07, 6.45) is 3.75. The lowest BCUT2D eigenvalue weighted by Gasteiger charge is -2.61. The summed E-state index contributed by atoms with van der Waals surface area (Å²) in [6, 6.07) is 12.0. The Morgan fingerprint density at radius 1 is 1.20 bits per heavy atom. The first kappa shape index (κ1) is 19.5. The van der Waals surface area contributed by atoms with Crippen LogP contribution in [0.4, 0.5) is 0 Å². The molecule has 0 aliphatic carbocycles. The number of carbonyl (C=O) groups excluding carboxylic acids is 1. The van der Waals surface area contributed by atoms with Gasteiger partial charge in [-0.3, -0.25) is 19.6 Å². The van der Waals surface area contributed by atoms with Gasteiger partial charge in [-0.15, -0.1) is 0 Å². The number of methoxy groups -OCH3 is 1. The van der Waals surface area contributed by atoms with E-state index < -0.39 is 0 Å². The Bertz CT molecular complexity index is 898. The molecule has 7 nitrogen and oxygen atoms in total. The minimum absolute atomic E-state index is 0.0390. The fourth-order valence-electron chi connectivity index (χ4n) is 5.41. The SMILES string of the molecule is COc1ccc(CN2CC3(C2)CN(C(=O)c2cccnc2)C[C@@H]2C[C@@H](O)CN23)cc1. The largest absolute Gasteiger partial charge is 0.497 e. The summed E-state index contributed by atoms with van der Waals surface area (Å²) >= 11 is 0. The molecule has 30 heavy (non-hydrogen) atoms. The number of amides is 1. The summed E-state index contributed by atoms with van der Waals surface area (Å²) in [6.45, 7) is 4.76. The summed E-state index contributed by atoms with van der Waals surface area (Å²) in [5, 5.41) is 10.3. The van der Waals surface area contributed by atoms with Crippen molar-refractivity contribution in [1.29, 1.82) is 0 Å². The number of aromatic nitrogens is 1. The summed E-state index contributed by atoms with van der Waals surface area (Å²) in [4.78, 5) is 24.1. The molecule has 1 aromatic heterocycles. The van der Waals surface area contributed by atoms with Crippen LogP contribution in [-0.4, -0.2) is 88.2 Å². The summed E-state index contributed by atoms with van der Waals surface area (Å²) in [7, 11) is 1.68. The van der Waals surface area contributed by atoms with E-state index in [9.17, 15) is 9.90 Å². The van der Waals surface area contributed by atoms with Crippen molar-refractivity contribution in [2.24, 2.45) is 0 Å². The Labute approximate surface area is 176 Å². The van der Waals surface area contributed by atoms with Crippen molar-refractivity contribution in [1.82, 2.24) is 19.7 Å². The van der Waals surface area contributed by atoms with E-state index in [-0.39, 0.29) is 23.6 Å². The summed E-state index contributed by atoms with van der Waals surface area (Å²) in [5.41, 5.74) is 1.81. The van der Waals surface area contributed by atoms with Gasteiger partial charge < -0.3 is 14.7 Å². The Morgan fingerprint density at radius 2 is 2.00 bits per heavy atom. The zero-order valence-electron chi connectivity index (χ0n) is 17.3. The molecule has 0 bridgehead atoms. The van der Waals surface area contributed by atoms with Gasteiger partial charge in [0.15, 0.2) is 0 Å². The molecule has 3 saturated heterocycles. The van der Waals surface area contributed by atoms with Crippen molar-refractivity contribution in [3.8, 4) is 5.75 Å². The molecule has 0 radical (unpaired) electrons. The Hall–Kier alpha value is -2.48. The number of pyridine rings is 1. The molecule has 2 atom stereocenters. The highest BCUT2D eigenvalue weighted by Crippen LogP contribution is 2.39. The number of aliphatic hydroxyl groups excluding tert-OH is 1. The van der Waals surface area contributed by atoms with Crippen LogP contribution in [0.2, 0.25) is 0 Å². The molecular formula is C23H28N4O3. The lowest BCUT2D eigenvalue weighted by molar-refractivity contribution is -0.108. The fraction of sp³-hybridized carbons (Fsp3) is 0.478. The normalized spacial score (nSPS) is 25.7. The zero-order chi connectivity index (χ0) is 20.7. The van der Waals surface area contributed by atoms with Crippen LogP contribution in [0, 0.1) is 0 Å². The maximum Gasteiger partial charge on any atom is 0.255 e. The minimum Gasteiger partial charge on any atom is -0.497 e. The van der Waals surface area contributed by atoms with Gasteiger partial charge in [0, 0.05) is 57.7 Å². The second-order valence-electron chi connectivity index (χ2n) is 8.84. The Kier molecular flexibility index (Phi) is 4.97. The van der Waals surface area contributed by atoms with E-state index in [1.165, 1.54) is 5.56 Å². The van der Waals surface area contributed by atoms with Gasteiger partial charge in [-0.25, -0.2) is 0 Å². The third-order valence-corrected chi connectivity index (χ3v) is 6.71. The second-order valence-corrected chi connectivity index (χ2v) is 8.84. The van der Waals surface area contributed by atoms with E-state index in [1.54, 1.807) is 25.6 Å². The van der Waals surface area contributed by atoms with Crippen molar-refractivity contribution < 1.29 is 14.6 Å². The third-order valence-electron chi connectivity index (χ3n) is 6.71. The highest BCUT2D eigenvalue weighted by atomic mass is 16.5. The standard InChI is InChI=1S/C23H28N4O3/c1-30-21-6-4-17(5-7-21)11-25-14-23(15-25)16-26(12-19-9-20(28)13-27(19)23)22(29)18-3-2-8-24-10-18/h2-8,10,19-20,28H,9,11-16H2,1H3/t19-,20+/m0/s1. The number of carbonyl (C=O) groups is 1. The molecule has 0 saturated carbocycles. The molecular weight excluding hydrogens is 380 g/mol. The first-order chi connectivity index (χ1) is 14.6. The van der Waals surface area contributed by atoms with Crippen molar-refractivity contribution >= 4 is 5.91 Å². The molecule has 158 valence electrons. The van der Waals surface area contributed by atoms with Crippen LogP contribution >= 0.6 is 0 Å². The summed E-state index contributed by atoms with van der Waals surface area (Å²) < 4.78 is 5.25. The molecule has 2 aromatic rings. The molecule has 1 aromatic carbocycles. The molecule has 5 rings (SSSR count). The molecule has 1 amide bonds. The highest BCUT2D eigenvalue weighted by Gasteiger charge is 2.56. The smallest absolute Gasteiger partial charge is 0.255 e. The molecule has 1 N–H and O–H groups in total. The first-order valence-corrected chi connectivity index (χ1v) is 10.6. The number of likely N-dealkylation sites (tertiary alicyclic amines) is 1. The van der Waals surface area contributed by atoms with Crippen LogP contribution in [0.3, 0.4) is 0 Å². The van der Waals surface area contributed by atoms with E-state index in [4.69, 9.17) is 4.74 Å². The number of hydrogen-bond acceptors (Lipinski definition) is 6. The highest BCUT2D eigenvalue weighted by molar-refractivity contribution is 5.94. The van der Waals surface area contributed by atoms with E-state index in [0.29, 0.717) is 25.2 Å². The third kappa shape index (κ3) is 3.47. The fourth-order valence-corrected chi connectivity index (χ4v) is 5.41. The first-order valence-electron chi connectivity index (χ1n) is 10.6. The van der Waals surface area contributed by atoms with E-state index in [0.717, 1.165) is 31.8 Å². The van der Waals surface area contributed by atoms with Crippen molar-refractivity contribution in [2.45, 2.75) is 30.7 Å². The van der Waals surface area contributed by atoms with Gasteiger partial charge in [0.25, 0.3) is 5.91 Å². The quantitative estimate of drug-likeness (QED) is 0.821. The predicted octanol–water partition coefficient (Wildman–Crippen LogP) is 1.24. The number of piperazine rings is 1. The molecule has 0 unspecified atom stereocenters. The topological polar surface area (TPSA) is 69.1 Å². The number of benzene rings is 1. The average molecular weight is 409 g/mol. The van der Waals surface area contributed by atoms with E-state index in [1.807, 2.05) is 23.1 Å². The monoisotopic (exact) mass is 408 g/mol. The van der Waals surface area contributed by atoms with Gasteiger partial charge in [-0.05, 0) is 36.2 Å². The van der Waals surface area contributed by atoms with Gasteiger partial charge in [0.2, 0.25) is 0 Å². The number of rotatable bonds is 4. The number of hydrogen-bond donors (Lipinski definition) is 1. The lowest BCUT2D eigenvalue weighted by atomic mass is 9.83. The Balaban J connectivity index is 1.31. The summed E-state index contributed by atoms with van der Waals surface area (Å²) in [5.74, 6) is 0.904. The molecule has 3 aliphatic heterocycles. The van der Waals surface area contributed by atoms with Crippen LogP contribution in [-0.2, 0) is 6.54 Å². The van der Waals surface area contributed by atoms with Crippen LogP contribution in [0.5, 0.6) is 5.75 Å². The van der Waals surface area contributed by atoms with Crippen LogP contribution in [0.25, 0.3) is 0 Å². The van der Waals surface area contributed by atoms with Crippen LogP contribution in [0.1, 0.15) is 22.3 Å². The van der Waals surface area contributed by atoms with Crippen molar-refractivity contribution in [2.75, 3.05) is 39.8 Å². The number of β-amino-alcohol motifs (C(OH)–C–C–N with tert-alkyl or cyclic N) is 1. The maximum atomic E-state index is 13.1. The predicted molar refractivity (Wildman–Crippen MR) is 112 cm³/mol. The molecule has 7 heteroatoms. The molecule has 4 heterocycles. The lowest BCUT2D eigenvalue weighted by Crippen LogP contribution is -2.78. The van der Waals surface area contributed by atoms with Gasteiger partial charge in [0.1, 0.15) is 5.75 Å². The number of aliphatic hydroxyl groups is 1. The van der Waals surface area contributed by atoms with Gasteiger partial charge in [-0.1, -0.05) is 12.1 Å². The van der Waals surface area contributed by atoms with Crippen molar-refractivity contribution in [3.05, 3.63) is 59.9 Å². The van der Waals surface area contributed by atoms with E-state index in [2.05, 4.69) is 26.9 Å². The number of fused-ring (bicyclic) bond motifs is 2. The van der Waals surface area contributed by atoms with Crippen LogP contribution in [0.15, 0.2) is 48.8 Å².